The second-order valence-corrected chi connectivity index (χ2v) is 4.57. The van der Waals surface area contributed by atoms with Gasteiger partial charge in [-0.25, -0.2) is 4.98 Å². The monoisotopic (exact) mass is 286 g/mol. The van der Waals surface area contributed by atoms with Gasteiger partial charge in [0.25, 0.3) is 5.91 Å². The summed E-state index contributed by atoms with van der Waals surface area (Å²) in [4.78, 5) is 16.2. The lowest BCUT2D eigenvalue weighted by molar-refractivity contribution is 0.0950. The lowest BCUT2D eigenvalue weighted by Gasteiger charge is -2.09. The number of anilines is 1. The fourth-order valence-corrected chi connectivity index (χ4v) is 1.92. The summed E-state index contributed by atoms with van der Waals surface area (Å²) in [5.74, 6) is 5.75. The van der Waals surface area contributed by atoms with Crippen LogP contribution in [-0.4, -0.2) is 18.0 Å². The fraction of sp³-hybridized carbons (Fsp3) is 0.200. The number of nitrogens with zero attached hydrogens (tertiary/aromatic N) is 1. The highest BCUT2D eigenvalue weighted by atomic mass is 16.5. The summed E-state index contributed by atoms with van der Waals surface area (Å²) < 4.78 is 4.99. The Morgan fingerprint density at radius 1 is 1.33 bits per heavy atom. The number of amides is 1. The molecule has 4 N–H and O–H groups in total. The van der Waals surface area contributed by atoms with Crippen molar-refractivity contribution in [1.82, 2.24) is 10.3 Å². The Kier molecular flexibility index (Phi) is 4.73. The molecule has 0 unspecified atom stereocenters. The normalized spacial score (nSPS) is 10.0. The third kappa shape index (κ3) is 3.70. The second kappa shape index (κ2) is 6.71. The maximum Gasteiger partial charge on any atom is 0.251 e. The molecule has 0 aliphatic heterocycles. The molecule has 21 heavy (non-hydrogen) atoms. The largest absolute Gasteiger partial charge is 0.481 e. The molecule has 1 amide bonds. The van der Waals surface area contributed by atoms with E-state index in [0.29, 0.717) is 18.0 Å². The molecule has 110 valence electrons. The van der Waals surface area contributed by atoms with Gasteiger partial charge in [0.1, 0.15) is 0 Å². The van der Waals surface area contributed by atoms with Gasteiger partial charge in [-0.15, -0.1) is 0 Å². The quantitative estimate of drug-likeness (QED) is 0.574. The molecule has 6 nitrogen and oxygen atoms in total. The minimum atomic E-state index is -0.133. The molecule has 0 spiro atoms. The molecule has 0 radical (unpaired) electrons. The number of hydrogen-bond donors (Lipinski definition) is 3. The zero-order valence-corrected chi connectivity index (χ0v) is 12.0. The van der Waals surface area contributed by atoms with Gasteiger partial charge in [0.2, 0.25) is 5.88 Å². The third-order valence-electron chi connectivity index (χ3n) is 3.10. The Hall–Kier alpha value is -2.60. The van der Waals surface area contributed by atoms with Gasteiger partial charge in [-0.2, -0.15) is 0 Å². The van der Waals surface area contributed by atoms with Gasteiger partial charge < -0.3 is 15.5 Å². The number of pyridine rings is 1. The first-order chi connectivity index (χ1) is 10.1. The van der Waals surface area contributed by atoms with Crippen molar-refractivity contribution in [3.63, 3.8) is 0 Å². The summed E-state index contributed by atoms with van der Waals surface area (Å²) in [6, 6.07) is 8.95. The van der Waals surface area contributed by atoms with Gasteiger partial charge in [-0.05, 0) is 36.2 Å². The number of benzene rings is 1. The van der Waals surface area contributed by atoms with Crippen molar-refractivity contribution in [2.24, 2.45) is 5.84 Å². The lowest BCUT2D eigenvalue weighted by Crippen LogP contribution is -2.23. The molecule has 0 aliphatic carbocycles. The van der Waals surface area contributed by atoms with Gasteiger partial charge in [0.15, 0.2) is 0 Å². The number of hydrogen-bond acceptors (Lipinski definition) is 5. The van der Waals surface area contributed by atoms with E-state index in [0.717, 1.165) is 16.8 Å². The summed E-state index contributed by atoms with van der Waals surface area (Å²) >= 11 is 0. The van der Waals surface area contributed by atoms with Crippen molar-refractivity contribution in [2.45, 2.75) is 13.5 Å². The van der Waals surface area contributed by atoms with E-state index in [-0.39, 0.29) is 5.91 Å². The number of ether oxygens (including phenoxy) is 1. The number of hydrazine groups is 1. The number of nitrogen functional groups attached to an aromatic ring is 1. The number of carbonyl (C=O) groups excluding carboxylic acids is 1. The molecule has 0 fully saturated rings. The van der Waals surface area contributed by atoms with E-state index in [1.54, 1.807) is 31.5 Å². The Morgan fingerprint density at radius 3 is 2.71 bits per heavy atom. The van der Waals surface area contributed by atoms with Crippen LogP contribution in [0.1, 0.15) is 21.5 Å². The van der Waals surface area contributed by atoms with E-state index in [2.05, 4.69) is 15.7 Å². The van der Waals surface area contributed by atoms with Crippen LogP contribution >= 0.6 is 0 Å². The number of aryl methyl sites for hydroxylation is 1. The smallest absolute Gasteiger partial charge is 0.251 e. The molecule has 0 aliphatic rings. The second-order valence-electron chi connectivity index (χ2n) is 4.57. The average Bonchev–Trinajstić information content (AvgIpc) is 2.52. The summed E-state index contributed by atoms with van der Waals surface area (Å²) in [5, 5.41) is 2.86. The first-order valence-corrected chi connectivity index (χ1v) is 6.48. The molecule has 1 aromatic carbocycles. The minimum absolute atomic E-state index is 0.133. The van der Waals surface area contributed by atoms with Crippen molar-refractivity contribution in [2.75, 3.05) is 12.5 Å². The van der Waals surface area contributed by atoms with Crippen LogP contribution in [0.2, 0.25) is 0 Å². The molecule has 0 saturated heterocycles. The van der Waals surface area contributed by atoms with Crippen LogP contribution in [0.5, 0.6) is 5.88 Å². The third-order valence-corrected chi connectivity index (χ3v) is 3.10. The summed E-state index contributed by atoms with van der Waals surface area (Å²) in [6.45, 7) is 2.27. The van der Waals surface area contributed by atoms with Crippen molar-refractivity contribution >= 4 is 11.6 Å². The molecule has 1 heterocycles. The molecule has 0 saturated carbocycles. The summed E-state index contributed by atoms with van der Waals surface area (Å²) in [5.41, 5.74) is 5.70. The van der Waals surface area contributed by atoms with Gasteiger partial charge in [-0.3, -0.25) is 10.6 Å². The van der Waals surface area contributed by atoms with Crippen LogP contribution in [0, 0.1) is 6.92 Å². The van der Waals surface area contributed by atoms with E-state index in [4.69, 9.17) is 10.6 Å². The lowest BCUT2D eigenvalue weighted by atomic mass is 10.1. The van der Waals surface area contributed by atoms with Gasteiger partial charge in [-0.1, -0.05) is 6.07 Å². The molecule has 2 rings (SSSR count). The Morgan fingerprint density at radius 2 is 2.14 bits per heavy atom. The first kappa shape index (κ1) is 14.8. The van der Waals surface area contributed by atoms with E-state index in [1.165, 1.54) is 0 Å². The predicted octanol–water partition coefficient (Wildman–Crippen LogP) is 1.61. The molecule has 2 aromatic rings. The molecule has 6 heteroatoms. The number of methoxy groups -OCH3 is 1. The maximum absolute atomic E-state index is 12.2. The number of aromatic nitrogens is 1. The van der Waals surface area contributed by atoms with Crippen molar-refractivity contribution in [3.8, 4) is 5.88 Å². The van der Waals surface area contributed by atoms with Crippen LogP contribution in [-0.2, 0) is 6.54 Å². The van der Waals surface area contributed by atoms with Crippen LogP contribution in [0.15, 0.2) is 36.5 Å². The zero-order chi connectivity index (χ0) is 15.2. The maximum atomic E-state index is 12.2. The average molecular weight is 286 g/mol. The molecule has 0 bridgehead atoms. The predicted molar refractivity (Wildman–Crippen MR) is 80.9 cm³/mol. The number of carbonyl (C=O) groups is 1. The van der Waals surface area contributed by atoms with Gasteiger partial charge in [0, 0.05) is 30.1 Å². The topological polar surface area (TPSA) is 89.3 Å². The summed E-state index contributed by atoms with van der Waals surface area (Å²) in [6.07, 6.45) is 1.67. The Labute approximate surface area is 123 Å². The molecular formula is C15H18N4O2. The number of nitrogens with one attached hydrogen (secondary N) is 2. The first-order valence-electron chi connectivity index (χ1n) is 6.48. The number of rotatable bonds is 5. The Balaban J connectivity index is 2.00. The minimum Gasteiger partial charge on any atom is -0.481 e. The van der Waals surface area contributed by atoms with Crippen molar-refractivity contribution < 1.29 is 9.53 Å². The van der Waals surface area contributed by atoms with Gasteiger partial charge >= 0.3 is 0 Å². The van der Waals surface area contributed by atoms with E-state index < -0.39 is 0 Å². The highest BCUT2D eigenvalue weighted by molar-refractivity contribution is 5.96. The van der Waals surface area contributed by atoms with Crippen LogP contribution in [0.25, 0.3) is 0 Å². The Bertz CT molecular complexity index is 626. The molecule has 0 atom stereocenters. The fourth-order valence-electron chi connectivity index (χ4n) is 1.92. The van der Waals surface area contributed by atoms with Crippen LogP contribution < -0.4 is 21.3 Å². The van der Waals surface area contributed by atoms with Crippen molar-refractivity contribution in [1.29, 1.82) is 0 Å². The summed E-state index contributed by atoms with van der Waals surface area (Å²) in [7, 11) is 1.56. The molecule has 1 aromatic heterocycles. The van der Waals surface area contributed by atoms with Crippen LogP contribution in [0.4, 0.5) is 5.69 Å². The van der Waals surface area contributed by atoms with E-state index in [9.17, 15) is 4.79 Å². The van der Waals surface area contributed by atoms with Crippen molar-refractivity contribution in [3.05, 3.63) is 53.2 Å². The SMILES string of the molecule is COc1ccc(CNC(=O)c2ccc(NN)cc2C)cn1. The van der Waals surface area contributed by atoms with E-state index in [1.807, 2.05) is 19.1 Å². The van der Waals surface area contributed by atoms with Crippen LogP contribution in [0.3, 0.4) is 0 Å². The molecular weight excluding hydrogens is 268 g/mol. The van der Waals surface area contributed by atoms with E-state index >= 15 is 0 Å². The highest BCUT2D eigenvalue weighted by Crippen LogP contribution is 2.14. The van der Waals surface area contributed by atoms with Gasteiger partial charge in [0.05, 0.1) is 7.11 Å². The highest BCUT2D eigenvalue weighted by Gasteiger charge is 2.09. The zero-order valence-electron chi connectivity index (χ0n) is 12.0. The standard InChI is InChI=1S/C15H18N4O2/c1-10-7-12(19-16)4-5-13(10)15(20)18-9-11-3-6-14(21-2)17-8-11/h3-8,19H,9,16H2,1-2H3,(H,18,20). The number of nitrogens with two attached hydrogens (primary N) is 1.